The third-order valence-electron chi connectivity index (χ3n) is 7.08. The predicted octanol–water partition coefficient (Wildman–Crippen LogP) is 6.74. The molecule has 186 valence electrons. The zero-order chi connectivity index (χ0) is 25.9. The Morgan fingerprint density at radius 1 is 0.889 bits per heavy atom. The van der Waals surface area contributed by atoms with Gasteiger partial charge < -0.3 is 4.74 Å². The monoisotopic (exact) mass is 502 g/mol. The summed E-state index contributed by atoms with van der Waals surface area (Å²) in [5, 5.41) is 4.03. The molecule has 36 heavy (non-hydrogen) atoms. The molecule has 6 heteroatoms. The summed E-state index contributed by atoms with van der Waals surface area (Å²) in [5.41, 5.74) is 3.17. The first-order valence-corrected chi connectivity index (χ1v) is 13.6. The third kappa shape index (κ3) is 4.08. The van der Waals surface area contributed by atoms with Crippen molar-refractivity contribution >= 4 is 43.1 Å². The lowest BCUT2D eigenvalue weighted by Gasteiger charge is -2.27. The van der Waals surface area contributed by atoms with Gasteiger partial charge in [-0.3, -0.25) is 4.55 Å². The Hall–Kier alpha value is -3.22. The average molecular weight is 503 g/mol. The predicted molar refractivity (Wildman–Crippen MR) is 145 cm³/mol. The Morgan fingerprint density at radius 3 is 2.33 bits per heavy atom. The van der Waals surface area contributed by atoms with E-state index in [2.05, 4.69) is 63.5 Å². The van der Waals surface area contributed by atoms with Gasteiger partial charge in [0.15, 0.2) is 12.3 Å². The van der Waals surface area contributed by atoms with E-state index in [-0.39, 0.29) is 15.7 Å². The molecule has 4 aromatic rings. The molecule has 0 fully saturated rings. The fourth-order valence-electron chi connectivity index (χ4n) is 6.06. The van der Waals surface area contributed by atoms with E-state index in [0.29, 0.717) is 13.2 Å². The van der Waals surface area contributed by atoms with Crippen LogP contribution >= 0.6 is 0 Å². The number of nitrogens with zero attached hydrogens (tertiary/aromatic N) is 1. The highest BCUT2D eigenvalue weighted by atomic mass is 32.2. The second kappa shape index (κ2) is 8.43. The molecule has 5 nitrogen and oxygen atoms in total. The second-order valence-electron chi connectivity index (χ2n) is 11.0. The molecule has 0 amide bonds. The van der Waals surface area contributed by atoms with E-state index in [9.17, 15) is 13.0 Å². The van der Waals surface area contributed by atoms with Crippen molar-refractivity contribution in [2.24, 2.45) is 5.41 Å². The Morgan fingerprint density at radius 2 is 1.61 bits per heavy atom. The lowest BCUT2D eigenvalue weighted by Crippen LogP contribution is -2.40. The van der Waals surface area contributed by atoms with Crippen LogP contribution in [0.3, 0.4) is 0 Å². The summed E-state index contributed by atoms with van der Waals surface area (Å²) in [6.07, 6.45) is 0. The van der Waals surface area contributed by atoms with Crippen molar-refractivity contribution in [3.05, 3.63) is 78.4 Å². The zero-order valence-corrected chi connectivity index (χ0v) is 22.2. The van der Waals surface area contributed by atoms with Crippen LogP contribution < -0.4 is 4.74 Å². The summed E-state index contributed by atoms with van der Waals surface area (Å²) < 4.78 is 41.7. The fraction of sp³-hybridized carbons (Fsp3) is 0.300. The molecule has 1 aliphatic heterocycles. The largest absolute Gasteiger partial charge is 0.486 e. The maximum atomic E-state index is 11.7. The van der Waals surface area contributed by atoms with Crippen LogP contribution in [0.2, 0.25) is 0 Å². The van der Waals surface area contributed by atoms with E-state index >= 15 is 0 Å². The third-order valence-corrected chi connectivity index (χ3v) is 7.93. The topological polar surface area (TPSA) is 66.6 Å². The van der Waals surface area contributed by atoms with Gasteiger partial charge in [0.05, 0.1) is 10.3 Å². The first kappa shape index (κ1) is 24.5. The highest BCUT2D eigenvalue weighted by molar-refractivity contribution is 7.85. The van der Waals surface area contributed by atoms with E-state index in [4.69, 9.17) is 4.74 Å². The van der Waals surface area contributed by atoms with Gasteiger partial charge >= 0.3 is 0 Å². The Balaban J connectivity index is 1.57. The maximum absolute atomic E-state index is 11.7. The Kier molecular flexibility index (Phi) is 5.73. The van der Waals surface area contributed by atoms with Crippen molar-refractivity contribution in [1.29, 1.82) is 0 Å². The molecule has 0 aliphatic carbocycles. The summed E-state index contributed by atoms with van der Waals surface area (Å²) in [4.78, 5) is -0.0916. The van der Waals surface area contributed by atoms with Gasteiger partial charge in [-0.15, -0.1) is 0 Å². The van der Waals surface area contributed by atoms with Crippen molar-refractivity contribution in [2.45, 2.75) is 44.9 Å². The minimum Gasteiger partial charge on any atom is -0.486 e. The number of rotatable bonds is 5. The van der Waals surface area contributed by atoms with Crippen LogP contribution in [-0.2, 0) is 15.5 Å². The molecule has 0 saturated heterocycles. The highest BCUT2D eigenvalue weighted by Gasteiger charge is 2.51. The van der Waals surface area contributed by atoms with Crippen molar-refractivity contribution in [2.75, 3.05) is 13.2 Å². The Bertz CT molecular complexity index is 1640. The molecule has 0 radical (unpaired) electrons. The molecule has 0 aromatic heterocycles. The SMILES string of the molecule is CC(C)(C)C1=[N+](CCOc2cccc3ccccc23)c2ccc3cc(S(=O)(=O)O)ccc3c2C1(C)C. The van der Waals surface area contributed by atoms with E-state index in [1.165, 1.54) is 11.8 Å². The average Bonchev–Trinajstić information content (AvgIpc) is 3.05. The van der Waals surface area contributed by atoms with Gasteiger partial charge in [0, 0.05) is 22.4 Å². The van der Waals surface area contributed by atoms with E-state index in [1.54, 1.807) is 6.07 Å². The lowest BCUT2D eigenvalue weighted by atomic mass is 9.70. The standard InChI is InChI=1S/C30H31NO4S/c1-29(2,3)28-30(4,5)27-24-15-14-22(36(32,33)34)19-21(24)13-16-25(27)31(28)17-18-35-26-12-8-10-20-9-6-7-11-23(20)26/h6-16,19H,17-18H2,1-5H3/p+1. The lowest BCUT2D eigenvalue weighted by molar-refractivity contribution is -0.444. The molecule has 0 spiro atoms. The molecule has 0 atom stereocenters. The molecule has 1 aliphatic rings. The van der Waals surface area contributed by atoms with Gasteiger partial charge in [0.1, 0.15) is 12.4 Å². The maximum Gasteiger partial charge on any atom is 0.294 e. The fourth-order valence-corrected chi connectivity index (χ4v) is 6.57. The normalized spacial score (nSPS) is 15.5. The quantitative estimate of drug-likeness (QED) is 0.242. The number of hydrogen-bond donors (Lipinski definition) is 1. The summed E-state index contributed by atoms with van der Waals surface area (Å²) >= 11 is 0. The first-order chi connectivity index (χ1) is 16.9. The van der Waals surface area contributed by atoms with Crippen molar-refractivity contribution < 1.29 is 22.3 Å². The molecule has 0 unspecified atom stereocenters. The van der Waals surface area contributed by atoms with Crippen LogP contribution in [0.5, 0.6) is 5.75 Å². The van der Waals surface area contributed by atoms with Crippen molar-refractivity contribution in [3.8, 4) is 5.75 Å². The smallest absolute Gasteiger partial charge is 0.294 e. The molecular formula is C30H32NO4S+. The van der Waals surface area contributed by atoms with Crippen molar-refractivity contribution in [1.82, 2.24) is 0 Å². The molecule has 5 rings (SSSR count). The Labute approximate surface area is 212 Å². The van der Waals surface area contributed by atoms with Gasteiger partial charge in [0.2, 0.25) is 5.69 Å². The number of fused-ring (bicyclic) bond motifs is 4. The summed E-state index contributed by atoms with van der Waals surface area (Å²) in [7, 11) is -4.27. The minimum atomic E-state index is -4.27. The van der Waals surface area contributed by atoms with Gasteiger partial charge in [-0.25, -0.2) is 0 Å². The van der Waals surface area contributed by atoms with Gasteiger partial charge in [0.25, 0.3) is 10.1 Å². The first-order valence-electron chi connectivity index (χ1n) is 12.2. The van der Waals surface area contributed by atoms with Crippen molar-refractivity contribution in [3.63, 3.8) is 0 Å². The van der Waals surface area contributed by atoms with Crippen LogP contribution in [0, 0.1) is 5.41 Å². The molecule has 0 bridgehead atoms. The van der Waals surface area contributed by atoms with E-state index < -0.39 is 10.1 Å². The molecule has 1 N–H and O–H groups in total. The molecule has 1 heterocycles. The molecule has 0 saturated carbocycles. The van der Waals surface area contributed by atoms with Crippen LogP contribution in [0.25, 0.3) is 21.5 Å². The van der Waals surface area contributed by atoms with E-state index in [0.717, 1.165) is 38.5 Å². The van der Waals surface area contributed by atoms with Crippen LogP contribution in [0.15, 0.2) is 77.7 Å². The number of hydrogen-bond acceptors (Lipinski definition) is 3. The second-order valence-corrected chi connectivity index (χ2v) is 12.4. The summed E-state index contributed by atoms with van der Waals surface area (Å²) in [5.74, 6) is 0.875. The number of benzene rings is 4. The number of ether oxygens (including phenoxy) is 1. The summed E-state index contributed by atoms with van der Waals surface area (Å²) in [6.45, 7) is 12.3. The highest BCUT2D eigenvalue weighted by Crippen LogP contribution is 2.48. The van der Waals surface area contributed by atoms with Crippen LogP contribution in [0.4, 0.5) is 5.69 Å². The van der Waals surface area contributed by atoms with Gasteiger partial charge in [-0.2, -0.15) is 13.0 Å². The van der Waals surface area contributed by atoms with Gasteiger partial charge in [-0.05, 0) is 54.3 Å². The van der Waals surface area contributed by atoms with Gasteiger partial charge in [-0.1, -0.05) is 63.2 Å². The summed E-state index contributed by atoms with van der Waals surface area (Å²) in [6, 6.07) is 23.2. The van der Waals surface area contributed by atoms with Crippen LogP contribution in [0.1, 0.15) is 40.2 Å². The van der Waals surface area contributed by atoms with Crippen LogP contribution in [-0.4, -0.2) is 36.4 Å². The van der Waals surface area contributed by atoms with E-state index in [1.807, 2.05) is 36.4 Å². The minimum absolute atomic E-state index is 0.0916. The molecule has 4 aromatic carbocycles. The molecular weight excluding hydrogens is 470 g/mol. The zero-order valence-electron chi connectivity index (χ0n) is 21.4.